The zero-order valence-corrected chi connectivity index (χ0v) is 13.4. The Kier molecular flexibility index (Phi) is 9.27. The number of hydrogen-bond acceptors (Lipinski definition) is 4. The summed E-state index contributed by atoms with van der Waals surface area (Å²) in [6.45, 7) is 7.29. The van der Waals surface area contributed by atoms with Crippen LogP contribution in [0, 0.1) is 11.3 Å². The molecule has 0 radical (unpaired) electrons. The molecule has 3 atom stereocenters. The molecule has 0 saturated carbocycles. The van der Waals surface area contributed by atoms with E-state index in [2.05, 4.69) is 6.92 Å². The van der Waals surface area contributed by atoms with Crippen LogP contribution in [0.3, 0.4) is 0 Å². The average molecular weight is 288 g/mol. The second kappa shape index (κ2) is 9.48. The van der Waals surface area contributed by atoms with Crippen LogP contribution in [0.15, 0.2) is 0 Å². The first-order valence-corrected chi connectivity index (χ1v) is 7.77. The largest absolute Gasteiger partial charge is 0.396 e. The third-order valence-electron chi connectivity index (χ3n) is 4.27. The molecule has 3 N–H and O–H groups in total. The summed E-state index contributed by atoms with van der Waals surface area (Å²) in [6.07, 6.45) is 3.00. The zero-order valence-electron chi connectivity index (χ0n) is 13.4. The van der Waals surface area contributed by atoms with Gasteiger partial charge >= 0.3 is 0 Å². The van der Waals surface area contributed by atoms with E-state index in [1.54, 1.807) is 13.8 Å². The summed E-state index contributed by atoms with van der Waals surface area (Å²) >= 11 is 0. The van der Waals surface area contributed by atoms with Gasteiger partial charge in [0.25, 0.3) is 0 Å². The predicted molar refractivity (Wildman–Crippen MR) is 80.4 cm³/mol. The van der Waals surface area contributed by atoms with Crippen LogP contribution >= 0.6 is 0 Å². The van der Waals surface area contributed by atoms with Crippen molar-refractivity contribution in [2.75, 3.05) is 6.61 Å². The summed E-state index contributed by atoms with van der Waals surface area (Å²) in [5.74, 6) is -0.0513. The summed E-state index contributed by atoms with van der Waals surface area (Å²) < 4.78 is 0. The average Bonchev–Trinajstić information content (AvgIpc) is 2.38. The van der Waals surface area contributed by atoms with Gasteiger partial charge in [0.05, 0.1) is 12.2 Å². The Morgan fingerprint density at radius 2 is 1.75 bits per heavy atom. The summed E-state index contributed by atoms with van der Waals surface area (Å²) in [5, 5.41) is 28.9. The smallest absolute Gasteiger partial charge is 0.143 e. The first-order chi connectivity index (χ1) is 9.27. The molecule has 0 rings (SSSR count). The molecule has 4 heteroatoms. The molecule has 4 nitrogen and oxygen atoms in total. The summed E-state index contributed by atoms with van der Waals surface area (Å²) in [7, 11) is 0. The first-order valence-electron chi connectivity index (χ1n) is 7.77. The van der Waals surface area contributed by atoms with E-state index in [9.17, 15) is 15.0 Å². The SMILES string of the molecule is CCCCC[C@H](C)[C@@H](O)CC(=O)C(C)(C)[C@@H](O)CCO. The van der Waals surface area contributed by atoms with Gasteiger partial charge in [-0.1, -0.05) is 47.0 Å². The van der Waals surface area contributed by atoms with Crippen molar-refractivity contribution in [3.05, 3.63) is 0 Å². The lowest BCUT2D eigenvalue weighted by molar-refractivity contribution is -0.136. The van der Waals surface area contributed by atoms with Crippen LogP contribution in [-0.4, -0.2) is 39.9 Å². The number of unbranched alkanes of at least 4 members (excludes halogenated alkanes) is 2. The molecule has 0 aromatic heterocycles. The minimum atomic E-state index is -0.924. The Morgan fingerprint density at radius 1 is 1.15 bits per heavy atom. The van der Waals surface area contributed by atoms with Gasteiger partial charge < -0.3 is 15.3 Å². The molecular formula is C16H32O4. The lowest BCUT2D eigenvalue weighted by Crippen LogP contribution is -2.40. The fourth-order valence-electron chi connectivity index (χ4n) is 2.23. The molecule has 0 heterocycles. The number of hydrogen-bond donors (Lipinski definition) is 3. The lowest BCUT2D eigenvalue weighted by atomic mass is 9.77. The molecule has 0 bridgehead atoms. The molecule has 0 aliphatic heterocycles. The van der Waals surface area contributed by atoms with Gasteiger partial charge in [0.15, 0.2) is 0 Å². The number of aliphatic hydroxyl groups excluding tert-OH is 3. The molecule has 0 aliphatic rings. The Balaban J connectivity index is 4.35. The van der Waals surface area contributed by atoms with Crippen LogP contribution in [0.25, 0.3) is 0 Å². The molecule has 0 aromatic carbocycles. The minimum absolute atomic E-state index is 0.0722. The molecule has 0 aromatic rings. The Morgan fingerprint density at radius 3 is 2.25 bits per heavy atom. The number of Topliss-reactive ketones (excluding diaryl/α,β-unsaturated/α-hetero) is 1. The summed E-state index contributed by atoms with van der Waals surface area (Å²) in [6, 6.07) is 0. The van der Waals surface area contributed by atoms with Crippen molar-refractivity contribution < 1.29 is 20.1 Å². The van der Waals surface area contributed by atoms with Crippen molar-refractivity contribution in [2.45, 2.75) is 78.4 Å². The van der Waals surface area contributed by atoms with Gasteiger partial charge in [0.2, 0.25) is 0 Å². The number of carbonyl (C=O) groups is 1. The lowest BCUT2D eigenvalue weighted by Gasteiger charge is -2.30. The van der Waals surface area contributed by atoms with Crippen molar-refractivity contribution in [1.82, 2.24) is 0 Å². The number of rotatable bonds is 11. The topological polar surface area (TPSA) is 77.8 Å². The van der Waals surface area contributed by atoms with Gasteiger partial charge in [-0.3, -0.25) is 4.79 Å². The van der Waals surface area contributed by atoms with Crippen LogP contribution in [0.1, 0.15) is 66.2 Å². The van der Waals surface area contributed by atoms with E-state index < -0.39 is 17.6 Å². The Hall–Kier alpha value is -0.450. The highest BCUT2D eigenvalue weighted by molar-refractivity contribution is 5.85. The number of ketones is 1. The van der Waals surface area contributed by atoms with Crippen LogP contribution in [0.5, 0.6) is 0 Å². The van der Waals surface area contributed by atoms with Crippen molar-refractivity contribution in [3.63, 3.8) is 0 Å². The van der Waals surface area contributed by atoms with E-state index >= 15 is 0 Å². The highest BCUT2D eigenvalue weighted by atomic mass is 16.3. The summed E-state index contributed by atoms with van der Waals surface area (Å²) in [5.41, 5.74) is -0.924. The van der Waals surface area contributed by atoms with Gasteiger partial charge in [-0.15, -0.1) is 0 Å². The van der Waals surface area contributed by atoms with Crippen LogP contribution in [0.2, 0.25) is 0 Å². The van der Waals surface area contributed by atoms with Crippen molar-refractivity contribution in [3.8, 4) is 0 Å². The molecule has 0 spiro atoms. The van der Waals surface area contributed by atoms with Crippen LogP contribution in [0.4, 0.5) is 0 Å². The highest BCUT2D eigenvalue weighted by Crippen LogP contribution is 2.28. The van der Waals surface area contributed by atoms with Gasteiger partial charge in [0.1, 0.15) is 5.78 Å². The Bertz CT molecular complexity index is 276. The minimum Gasteiger partial charge on any atom is -0.396 e. The second-order valence-corrected chi connectivity index (χ2v) is 6.42. The van der Waals surface area contributed by atoms with Gasteiger partial charge in [-0.25, -0.2) is 0 Å². The molecule has 20 heavy (non-hydrogen) atoms. The quantitative estimate of drug-likeness (QED) is 0.510. The number of aliphatic hydroxyl groups is 3. The maximum Gasteiger partial charge on any atom is 0.143 e. The van der Waals surface area contributed by atoms with E-state index in [0.717, 1.165) is 25.7 Å². The van der Waals surface area contributed by atoms with E-state index in [-0.39, 0.29) is 31.1 Å². The molecule has 120 valence electrons. The summed E-state index contributed by atoms with van der Waals surface area (Å²) in [4.78, 5) is 12.2. The maximum absolute atomic E-state index is 12.2. The van der Waals surface area contributed by atoms with E-state index in [1.165, 1.54) is 0 Å². The van der Waals surface area contributed by atoms with Crippen molar-refractivity contribution in [2.24, 2.45) is 11.3 Å². The highest BCUT2D eigenvalue weighted by Gasteiger charge is 2.36. The fourth-order valence-corrected chi connectivity index (χ4v) is 2.23. The van der Waals surface area contributed by atoms with E-state index in [1.807, 2.05) is 6.92 Å². The first kappa shape index (κ1) is 19.6. The Labute approximate surface area is 123 Å². The maximum atomic E-state index is 12.2. The van der Waals surface area contributed by atoms with Crippen molar-refractivity contribution >= 4 is 5.78 Å². The van der Waals surface area contributed by atoms with Crippen LogP contribution < -0.4 is 0 Å². The second-order valence-electron chi connectivity index (χ2n) is 6.42. The van der Waals surface area contributed by atoms with E-state index in [4.69, 9.17) is 5.11 Å². The monoisotopic (exact) mass is 288 g/mol. The zero-order chi connectivity index (χ0) is 15.8. The molecule has 0 aliphatic carbocycles. The van der Waals surface area contributed by atoms with Gasteiger partial charge in [-0.2, -0.15) is 0 Å². The fraction of sp³-hybridized carbons (Fsp3) is 0.938. The van der Waals surface area contributed by atoms with E-state index in [0.29, 0.717) is 0 Å². The third kappa shape index (κ3) is 6.33. The number of carbonyl (C=O) groups excluding carboxylic acids is 1. The van der Waals surface area contributed by atoms with Crippen LogP contribution in [-0.2, 0) is 4.79 Å². The molecule has 0 amide bonds. The van der Waals surface area contributed by atoms with Gasteiger partial charge in [-0.05, 0) is 18.8 Å². The molecule has 0 fully saturated rings. The standard InChI is InChI=1S/C16H32O4/c1-5-6-7-8-12(2)13(18)11-15(20)16(3,4)14(19)9-10-17/h12-14,17-19H,5-11H2,1-4H3/t12-,13-,14-/m0/s1. The van der Waals surface area contributed by atoms with Gasteiger partial charge in [0, 0.05) is 18.4 Å². The molecule has 0 saturated heterocycles. The third-order valence-corrected chi connectivity index (χ3v) is 4.27. The predicted octanol–water partition coefficient (Wildman–Crippen LogP) is 2.29. The normalized spacial score (nSPS) is 16.8. The molecule has 0 unspecified atom stereocenters. The molecular weight excluding hydrogens is 256 g/mol. The van der Waals surface area contributed by atoms with Crippen molar-refractivity contribution in [1.29, 1.82) is 0 Å².